The molecule has 1 heterocycles. The molecule has 8 heteroatoms. The third-order valence-electron chi connectivity index (χ3n) is 5.09. The first-order valence-corrected chi connectivity index (χ1v) is 11.5. The average Bonchev–Trinajstić information content (AvgIpc) is 2.75. The van der Waals surface area contributed by atoms with Gasteiger partial charge in [-0.2, -0.15) is 0 Å². The highest BCUT2D eigenvalue weighted by Gasteiger charge is 2.41. The van der Waals surface area contributed by atoms with E-state index in [2.05, 4.69) is 5.32 Å². The normalized spacial score (nSPS) is 14.5. The summed E-state index contributed by atoms with van der Waals surface area (Å²) < 4.78 is 16.1. The fourth-order valence-corrected chi connectivity index (χ4v) is 3.96. The highest BCUT2D eigenvalue weighted by molar-refractivity contribution is 6.30. The molecule has 0 radical (unpaired) electrons. The van der Waals surface area contributed by atoms with Crippen LogP contribution in [0.25, 0.3) is 0 Å². The first kappa shape index (κ1) is 26.5. The van der Waals surface area contributed by atoms with Crippen LogP contribution in [0.2, 0.25) is 5.02 Å². The number of benzene rings is 1. The third-order valence-corrected chi connectivity index (χ3v) is 5.33. The summed E-state index contributed by atoms with van der Waals surface area (Å²) in [5.41, 5.74) is 2.28. The maximum atomic E-state index is 13.3. The zero-order valence-electron chi connectivity index (χ0n) is 20.2. The van der Waals surface area contributed by atoms with E-state index in [9.17, 15) is 14.4 Å². The molecule has 1 aliphatic rings. The fourth-order valence-electron chi connectivity index (χ4n) is 3.78. The molecule has 1 aliphatic heterocycles. The summed E-state index contributed by atoms with van der Waals surface area (Å²) in [6.07, 6.45) is 0.184. The largest absolute Gasteiger partial charge is 0.465 e. The lowest BCUT2D eigenvalue weighted by Gasteiger charge is -2.33. The first-order valence-electron chi connectivity index (χ1n) is 11.1. The number of allylic oxidation sites excluding steroid dienone is 2. The molecule has 0 saturated carbocycles. The van der Waals surface area contributed by atoms with Crippen molar-refractivity contribution in [2.45, 2.75) is 72.5 Å². The molecule has 1 aromatic carbocycles. The van der Waals surface area contributed by atoms with Gasteiger partial charge in [0.1, 0.15) is 0 Å². The van der Waals surface area contributed by atoms with Gasteiger partial charge in [0.2, 0.25) is 0 Å². The van der Waals surface area contributed by atoms with Crippen molar-refractivity contribution in [1.29, 1.82) is 0 Å². The van der Waals surface area contributed by atoms with E-state index in [1.807, 2.05) is 13.8 Å². The summed E-state index contributed by atoms with van der Waals surface area (Å²) in [6.45, 7) is 10.8. The Bertz CT molecular complexity index is 947. The molecule has 1 aromatic rings. The zero-order chi connectivity index (χ0) is 24.9. The topological polar surface area (TPSA) is 90.9 Å². The van der Waals surface area contributed by atoms with E-state index >= 15 is 0 Å². The molecule has 33 heavy (non-hydrogen) atoms. The molecule has 0 aromatic heterocycles. The molecule has 0 saturated heterocycles. The Balaban J connectivity index is 2.92. The summed E-state index contributed by atoms with van der Waals surface area (Å²) in [5.74, 6) is -2.70. The van der Waals surface area contributed by atoms with Gasteiger partial charge in [0, 0.05) is 16.4 Å². The second kappa shape index (κ2) is 11.4. The molecule has 0 aliphatic carbocycles. The Morgan fingerprint density at radius 2 is 1.39 bits per heavy atom. The molecule has 180 valence electrons. The summed E-state index contributed by atoms with van der Waals surface area (Å²) in [7, 11) is 1.27. The Hall–Kier alpha value is -2.80. The number of carbonyl (C=O) groups excluding carboxylic acids is 3. The van der Waals surface area contributed by atoms with Crippen LogP contribution in [0.15, 0.2) is 40.7 Å². The Morgan fingerprint density at radius 1 is 0.909 bits per heavy atom. The molecule has 0 unspecified atom stereocenters. The molecule has 0 amide bonds. The van der Waals surface area contributed by atoms with Crippen molar-refractivity contribution in [3.05, 3.63) is 56.9 Å². The number of halogens is 1. The Labute approximate surface area is 200 Å². The SMILES string of the molecule is CCC1=C(C(=O)OC(C)C)C(c2cc(Cl)ccc2C(=O)OC)C(C(=O)OC(C)C)=C(CC)N1. The molecule has 0 spiro atoms. The highest BCUT2D eigenvalue weighted by atomic mass is 35.5. The standard InChI is InChI=1S/C25H32ClNO6/c1-8-18-21(24(29)32-13(3)4)20(17-12-15(26)10-11-16(17)23(28)31-7)22(19(9-2)27-18)25(30)33-14(5)6/h10-14,20,27H,8-9H2,1-7H3. The van der Waals surface area contributed by atoms with Gasteiger partial charge >= 0.3 is 17.9 Å². The zero-order valence-corrected chi connectivity index (χ0v) is 21.0. The van der Waals surface area contributed by atoms with Gasteiger partial charge in [0.05, 0.1) is 41.9 Å². The van der Waals surface area contributed by atoms with E-state index in [0.29, 0.717) is 34.8 Å². The summed E-state index contributed by atoms with van der Waals surface area (Å²) in [5, 5.41) is 3.59. The minimum atomic E-state index is -0.929. The van der Waals surface area contributed by atoms with Gasteiger partial charge in [-0.3, -0.25) is 0 Å². The summed E-state index contributed by atoms with van der Waals surface area (Å²) in [4.78, 5) is 39.3. The monoisotopic (exact) mass is 477 g/mol. The molecular formula is C25H32ClNO6. The number of methoxy groups -OCH3 is 1. The number of ether oxygens (including phenoxy) is 3. The lowest BCUT2D eigenvalue weighted by atomic mass is 9.77. The van der Waals surface area contributed by atoms with Crippen molar-refractivity contribution in [2.24, 2.45) is 0 Å². The van der Waals surface area contributed by atoms with Gasteiger partial charge in [-0.1, -0.05) is 25.4 Å². The second-order valence-electron chi connectivity index (χ2n) is 8.18. The van der Waals surface area contributed by atoms with Crippen molar-refractivity contribution in [2.75, 3.05) is 7.11 Å². The third kappa shape index (κ3) is 5.96. The summed E-state index contributed by atoms with van der Waals surface area (Å²) >= 11 is 6.32. The van der Waals surface area contributed by atoms with Crippen LogP contribution in [0.3, 0.4) is 0 Å². The van der Waals surface area contributed by atoms with Gasteiger partial charge in [0.25, 0.3) is 0 Å². The quantitative estimate of drug-likeness (QED) is 0.414. The fraction of sp³-hybridized carbons (Fsp3) is 0.480. The van der Waals surface area contributed by atoms with Gasteiger partial charge in [0.15, 0.2) is 0 Å². The van der Waals surface area contributed by atoms with E-state index in [1.54, 1.807) is 39.8 Å². The number of hydrogen-bond donors (Lipinski definition) is 1. The smallest absolute Gasteiger partial charge is 0.338 e. The van der Waals surface area contributed by atoms with Gasteiger partial charge in [-0.25, -0.2) is 14.4 Å². The van der Waals surface area contributed by atoms with Gasteiger partial charge < -0.3 is 19.5 Å². The maximum absolute atomic E-state index is 13.3. The predicted molar refractivity (Wildman–Crippen MR) is 126 cm³/mol. The maximum Gasteiger partial charge on any atom is 0.338 e. The molecular weight excluding hydrogens is 446 g/mol. The number of nitrogens with one attached hydrogen (secondary N) is 1. The van der Waals surface area contributed by atoms with E-state index in [-0.39, 0.29) is 28.9 Å². The van der Waals surface area contributed by atoms with Crippen molar-refractivity contribution < 1.29 is 28.6 Å². The minimum Gasteiger partial charge on any atom is -0.465 e. The molecule has 1 N–H and O–H groups in total. The van der Waals surface area contributed by atoms with Crippen molar-refractivity contribution in [1.82, 2.24) is 5.32 Å². The Morgan fingerprint density at radius 3 is 1.79 bits per heavy atom. The predicted octanol–water partition coefficient (Wildman–Crippen LogP) is 5.04. The minimum absolute atomic E-state index is 0.199. The summed E-state index contributed by atoms with van der Waals surface area (Å²) in [6, 6.07) is 4.67. The van der Waals surface area contributed by atoms with Crippen molar-refractivity contribution in [3.8, 4) is 0 Å². The molecule has 7 nitrogen and oxygen atoms in total. The average molecular weight is 478 g/mol. The molecule has 0 bridgehead atoms. The van der Waals surface area contributed by atoms with Crippen LogP contribution < -0.4 is 5.32 Å². The van der Waals surface area contributed by atoms with Crippen LogP contribution in [-0.2, 0) is 23.8 Å². The Kier molecular flexibility index (Phi) is 9.11. The van der Waals surface area contributed by atoms with Crippen molar-refractivity contribution in [3.63, 3.8) is 0 Å². The molecule has 0 fully saturated rings. The van der Waals surface area contributed by atoms with Crippen LogP contribution in [0.1, 0.15) is 76.2 Å². The van der Waals surface area contributed by atoms with E-state index in [0.717, 1.165) is 0 Å². The van der Waals surface area contributed by atoms with Crippen LogP contribution in [0.5, 0.6) is 0 Å². The van der Waals surface area contributed by atoms with E-state index in [1.165, 1.54) is 13.2 Å². The number of rotatable bonds is 8. The number of hydrogen-bond acceptors (Lipinski definition) is 7. The van der Waals surface area contributed by atoms with Gasteiger partial charge in [-0.15, -0.1) is 0 Å². The highest BCUT2D eigenvalue weighted by Crippen LogP contribution is 2.43. The number of dihydropyridines is 1. The van der Waals surface area contributed by atoms with E-state index < -0.39 is 23.8 Å². The van der Waals surface area contributed by atoms with E-state index in [4.69, 9.17) is 25.8 Å². The van der Waals surface area contributed by atoms with Crippen molar-refractivity contribution >= 4 is 29.5 Å². The van der Waals surface area contributed by atoms with Crippen LogP contribution in [0, 0.1) is 0 Å². The lowest BCUT2D eigenvalue weighted by molar-refractivity contribution is -0.143. The van der Waals surface area contributed by atoms with Crippen LogP contribution in [-0.4, -0.2) is 37.2 Å². The van der Waals surface area contributed by atoms with Crippen LogP contribution >= 0.6 is 11.6 Å². The van der Waals surface area contributed by atoms with Gasteiger partial charge in [-0.05, 0) is 64.3 Å². The first-order chi connectivity index (χ1) is 15.5. The van der Waals surface area contributed by atoms with Crippen LogP contribution in [0.4, 0.5) is 0 Å². The number of carbonyl (C=O) groups is 3. The molecule has 0 atom stereocenters. The molecule has 2 rings (SSSR count). The second-order valence-corrected chi connectivity index (χ2v) is 8.62. The number of esters is 3. The lowest BCUT2D eigenvalue weighted by Crippen LogP contribution is -2.35.